The molecule has 0 aliphatic rings. The van der Waals surface area contributed by atoms with E-state index in [1.165, 1.54) is 13.5 Å². The summed E-state index contributed by atoms with van der Waals surface area (Å²) >= 11 is 1.61. The number of ether oxygens (including phenoxy) is 1. The molecule has 0 aliphatic carbocycles. The molecule has 0 saturated carbocycles. The first kappa shape index (κ1) is 21.4. The Bertz CT molecular complexity index is 1000. The van der Waals surface area contributed by atoms with Crippen LogP contribution in [0.5, 0.6) is 5.75 Å². The number of oxazole rings is 1. The van der Waals surface area contributed by atoms with E-state index in [9.17, 15) is 9.59 Å². The van der Waals surface area contributed by atoms with E-state index in [1.54, 1.807) is 36.2 Å². The minimum absolute atomic E-state index is 0.437. The minimum Gasteiger partial charge on any atom is -0.496 e. The van der Waals surface area contributed by atoms with E-state index in [1.807, 2.05) is 44.2 Å². The molecule has 0 spiro atoms. The van der Waals surface area contributed by atoms with Crippen LogP contribution in [0.15, 0.2) is 70.4 Å². The van der Waals surface area contributed by atoms with Gasteiger partial charge in [-0.05, 0) is 38.1 Å². The van der Waals surface area contributed by atoms with Gasteiger partial charge in [-0.15, -0.1) is 11.8 Å². The number of amides is 2. The molecule has 7 nitrogen and oxygen atoms in total. The molecule has 1 aromatic heterocycles. The molecular formula is C22H23N3O4S. The highest BCUT2D eigenvalue weighted by Crippen LogP contribution is 2.32. The van der Waals surface area contributed by atoms with Crippen molar-refractivity contribution in [1.82, 2.24) is 10.3 Å². The van der Waals surface area contributed by atoms with Crippen molar-refractivity contribution in [3.8, 4) is 17.1 Å². The van der Waals surface area contributed by atoms with Crippen LogP contribution in [0.1, 0.15) is 13.8 Å². The zero-order chi connectivity index (χ0) is 21.6. The lowest BCUT2D eigenvalue weighted by molar-refractivity contribution is -0.137. The Kier molecular flexibility index (Phi) is 6.79. The van der Waals surface area contributed by atoms with Crippen LogP contribution in [0.4, 0.5) is 5.69 Å². The van der Waals surface area contributed by atoms with Gasteiger partial charge in [0, 0.05) is 27.9 Å². The fourth-order valence-corrected chi connectivity index (χ4v) is 3.64. The SMILES string of the molecule is COc1cc(NC(=O)C(=O)NC(C)(C)CSc2ccccc2)ccc1-c1cnco1. The van der Waals surface area contributed by atoms with Crippen molar-refractivity contribution in [2.45, 2.75) is 24.3 Å². The summed E-state index contributed by atoms with van der Waals surface area (Å²) < 4.78 is 10.7. The number of methoxy groups -OCH3 is 1. The molecule has 0 atom stereocenters. The van der Waals surface area contributed by atoms with Gasteiger partial charge in [0.1, 0.15) is 5.75 Å². The molecule has 2 amide bonds. The maximum absolute atomic E-state index is 12.4. The Morgan fingerprint density at radius 3 is 2.57 bits per heavy atom. The van der Waals surface area contributed by atoms with Gasteiger partial charge in [-0.3, -0.25) is 9.59 Å². The zero-order valence-electron chi connectivity index (χ0n) is 17.0. The molecule has 3 aromatic rings. The quantitative estimate of drug-likeness (QED) is 0.439. The molecule has 0 radical (unpaired) electrons. The van der Waals surface area contributed by atoms with Crippen LogP contribution in [0.3, 0.4) is 0 Å². The molecular weight excluding hydrogens is 402 g/mol. The maximum atomic E-state index is 12.4. The monoisotopic (exact) mass is 425 g/mol. The number of carbonyl (C=O) groups is 2. The Balaban J connectivity index is 1.60. The molecule has 156 valence electrons. The number of benzene rings is 2. The van der Waals surface area contributed by atoms with Gasteiger partial charge < -0.3 is 19.8 Å². The Hall–Kier alpha value is -3.26. The van der Waals surface area contributed by atoms with Crippen LogP contribution < -0.4 is 15.4 Å². The number of carbonyl (C=O) groups excluding carboxylic acids is 2. The van der Waals surface area contributed by atoms with Gasteiger partial charge in [0.15, 0.2) is 12.2 Å². The molecule has 0 bridgehead atoms. The van der Waals surface area contributed by atoms with Gasteiger partial charge in [-0.2, -0.15) is 0 Å². The number of rotatable bonds is 7. The number of nitrogens with zero attached hydrogens (tertiary/aromatic N) is 1. The smallest absolute Gasteiger partial charge is 0.313 e. The van der Waals surface area contributed by atoms with E-state index in [0.29, 0.717) is 28.5 Å². The van der Waals surface area contributed by atoms with E-state index < -0.39 is 17.4 Å². The lowest BCUT2D eigenvalue weighted by Crippen LogP contribution is -2.49. The number of anilines is 1. The van der Waals surface area contributed by atoms with E-state index in [4.69, 9.17) is 9.15 Å². The van der Waals surface area contributed by atoms with E-state index in [-0.39, 0.29) is 0 Å². The summed E-state index contributed by atoms with van der Waals surface area (Å²) in [5.74, 6) is 0.203. The standard InChI is InChI=1S/C22H23N3O4S/c1-22(2,13-30-16-7-5-4-6-8-16)25-21(27)20(26)24-15-9-10-17(18(11-15)28-3)19-12-23-14-29-19/h4-12,14H,13H2,1-3H3,(H,24,26)(H,25,27). The first-order chi connectivity index (χ1) is 14.4. The second kappa shape index (κ2) is 9.49. The van der Waals surface area contributed by atoms with Crippen molar-refractivity contribution < 1.29 is 18.7 Å². The highest BCUT2D eigenvalue weighted by molar-refractivity contribution is 7.99. The zero-order valence-corrected chi connectivity index (χ0v) is 17.8. The molecule has 0 unspecified atom stereocenters. The number of thioether (sulfide) groups is 1. The predicted molar refractivity (Wildman–Crippen MR) is 117 cm³/mol. The van der Waals surface area contributed by atoms with Crippen molar-refractivity contribution in [3.63, 3.8) is 0 Å². The van der Waals surface area contributed by atoms with Crippen LogP contribution in [-0.4, -0.2) is 35.2 Å². The fourth-order valence-electron chi connectivity index (χ4n) is 2.69. The molecule has 3 rings (SSSR count). The van der Waals surface area contributed by atoms with Crippen LogP contribution in [0.25, 0.3) is 11.3 Å². The molecule has 1 heterocycles. The average Bonchev–Trinajstić information content (AvgIpc) is 3.27. The molecule has 30 heavy (non-hydrogen) atoms. The van der Waals surface area contributed by atoms with Gasteiger partial charge >= 0.3 is 11.8 Å². The number of hydrogen-bond acceptors (Lipinski definition) is 6. The van der Waals surface area contributed by atoms with E-state index in [2.05, 4.69) is 15.6 Å². The van der Waals surface area contributed by atoms with Crippen LogP contribution in [0.2, 0.25) is 0 Å². The van der Waals surface area contributed by atoms with Crippen LogP contribution >= 0.6 is 11.8 Å². The van der Waals surface area contributed by atoms with Crippen molar-refractivity contribution >= 4 is 29.3 Å². The van der Waals surface area contributed by atoms with E-state index >= 15 is 0 Å². The van der Waals surface area contributed by atoms with Crippen molar-refractivity contribution in [3.05, 3.63) is 61.1 Å². The molecule has 2 N–H and O–H groups in total. The second-order valence-electron chi connectivity index (χ2n) is 7.17. The largest absolute Gasteiger partial charge is 0.496 e. The Morgan fingerprint density at radius 1 is 1.13 bits per heavy atom. The Morgan fingerprint density at radius 2 is 1.90 bits per heavy atom. The fraction of sp³-hybridized carbons (Fsp3) is 0.227. The van der Waals surface area contributed by atoms with Gasteiger partial charge in [0.25, 0.3) is 0 Å². The summed E-state index contributed by atoms with van der Waals surface area (Å²) in [6.45, 7) is 3.76. The third kappa shape index (κ3) is 5.64. The maximum Gasteiger partial charge on any atom is 0.313 e. The summed E-state index contributed by atoms with van der Waals surface area (Å²) in [4.78, 5) is 29.8. The second-order valence-corrected chi connectivity index (χ2v) is 8.22. The normalized spacial score (nSPS) is 11.0. The first-order valence-electron chi connectivity index (χ1n) is 9.26. The third-order valence-electron chi connectivity index (χ3n) is 4.16. The summed E-state index contributed by atoms with van der Waals surface area (Å²) in [6.07, 6.45) is 2.89. The summed E-state index contributed by atoms with van der Waals surface area (Å²) in [5.41, 5.74) is 0.561. The highest BCUT2D eigenvalue weighted by atomic mass is 32.2. The molecule has 2 aromatic carbocycles. The summed E-state index contributed by atoms with van der Waals surface area (Å²) in [7, 11) is 1.51. The first-order valence-corrected chi connectivity index (χ1v) is 10.2. The van der Waals surface area contributed by atoms with Gasteiger partial charge in [0.05, 0.1) is 18.9 Å². The molecule has 0 aliphatic heterocycles. The van der Waals surface area contributed by atoms with Gasteiger partial charge in [-0.25, -0.2) is 4.98 Å². The van der Waals surface area contributed by atoms with Crippen LogP contribution in [-0.2, 0) is 9.59 Å². The lowest BCUT2D eigenvalue weighted by Gasteiger charge is -2.25. The predicted octanol–water partition coefficient (Wildman–Crippen LogP) is 3.98. The topological polar surface area (TPSA) is 93.5 Å². The van der Waals surface area contributed by atoms with Crippen LogP contribution in [0, 0.1) is 0 Å². The number of aromatic nitrogens is 1. The van der Waals surface area contributed by atoms with E-state index in [0.717, 1.165) is 4.90 Å². The van der Waals surface area contributed by atoms with Crippen molar-refractivity contribution in [2.24, 2.45) is 0 Å². The molecule has 0 fully saturated rings. The number of nitrogens with one attached hydrogen (secondary N) is 2. The summed E-state index contributed by atoms with van der Waals surface area (Å²) in [5, 5.41) is 5.38. The van der Waals surface area contributed by atoms with Crippen molar-refractivity contribution in [1.29, 1.82) is 0 Å². The Labute approximate surface area is 179 Å². The minimum atomic E-state index is -0.748. The van der Waals surface area contributed by atoms with Gasteiger partial charge in [0.2, 0.25) is 0 Å². The molecule has 0 saturated heterocycles. The summed E-state index contributed by atoms with van der Waals surface area (Å²) in [6, 6.07) is 14.9. The van der Waals surface area contributed by atoms with Gasteiger partial charge in [-0.1, -0.05) is 18.2 Å². The highest BCUT2D eigenvalue weighted by Gasteiger charge is 2.25. The lowest BCUT2D eigenvalue weighted by atomic mass is 10.1. The number of hydrogen-bond donors (Lipinski definition) is 2. The van der Waals surface area contributed by atoms with Crippen molar-refractivity contribution in [2.75, 3.05) is 18.2 Å². The average molecular weight is 426 g/mol. The third-order valence-corrected chi connectivity index (χ3v) is 5.63. The molecule has 8 heteroatoms.